The molecule has 0 unspecified atom stereocenters. The summed E-state index contributed by atoms with van der Waals surface area (Å²) in [4.78, 5) is 96.0. The van der Waals surface area contributed by atoms with E-state index in [2.05, 4.69) is 41.4 Å². The Morgan fingerprint density at radius 1 is 0.421 bits per heavy atom. The van der Waals surface area contributed by atoms with Gasteiger partial charge in [-0.25, -0.2) is 42.7 Å². The minimum Gasteiger partial charge on any atom is -0.494 e. The van der Waals surface area contributed by atoms with Crippen LogP contribution in [-0.2, 0) is 37.6 Å². The summed E-state index contributed by atoms with van der Waals surface area (Å²) in [5.41, 5.74) is 10.7. The van der Waals surface area contributed by atoms with Crippen LogP contribution in [-0.4, -0.2) is 130 Å². The summed E-state index contributed by atoms with van der Waals surface area (Å²) in [7, 11) is -4.43. The van der Waals surface area contributed by atoms with Crippen molar-refractivity contribution >= 4 is 66.7 Å². The van der Waals surface area contributed by atoms with E-state index in [9.17, 15) is 42.9 Å². The summed E-state index contributed by atoms with van der Waals surface area (Å²) >= 11 is 5.43. The van der Waals surface area contributed by atoms with E-state index in [0.717, 1.165) is 123 Å². The molecule has 656 valence electrons. The molecule has 14 rings (SSSR count). The van der Waals surface area contributed by atoms with E-state index in [1.807, 2.05) is 136 Å². The van der Waals surface area contributed by atoms with Crippen LogP contribution in [0.2, 0.25) is 0 Å². The van der Waals surface area contributed by atoms with Gasteiger partial charge in [0.2, 0.25) is 0 Å². The summed E-state index contributed by atoms with van der Waals surface area (Å²) in [6.45, 7) is 19.4. The Bertz CT molecular complexity index is 5640. The van der Waals surface area contributed by atoms with E-state index < -0.39 is 60.5 Å². The number of hydrogen-bond acceptors (Lipinski definition) is 26. The van der Waals surface area contributed by atoms with Gasteiger partial charge in [0.15, 0.2) is 23.0 Å². The molecule has 28 nitrogen and oxygen atoms in total. The summed E-state index contributed by atoms with van der Waals surface area (Å²) in [5, 5.41) is 16.0. The largest absolute Gasteiger partial charge is 0.516 e. The zero-order valence-electron chi connectivity index (χ0n) is 71.4. The number of nitrogens with zero attached hydrogens (tertiary/aromatic N) is 6. The lowest BCUT2D eigenvalue weighted by Gasteiger charge is -2.29. The van der Waals surface area contributed by atoms with E-state index in [4.69, 9.17) is 72.1 Å². The second-order valence-corrected chi connectivity index (χ2v) is 33.1. The van der Waals surface area contributed by atoms with E-state index in [-0.39, 0.29) is 50.0 Å². The smallest absolute Gasteiger partial charge is 0.494 e. The molecule has 12 aromatic rings. The molecule has 8 aromatic carbocycles. The molecule has 6 heterocycles. The number of hydrogen-bond donors (Lipinski definition) is 0. The van der Waals surface area contributed by atoms with E-state index in [0.29, 0.717) is 76.6 Å². The average Bonchev–Trinajstić information content (AvgIpc) is 1.54. The number of unbranched alkanes of at least 4 members (excludes halogenated alkanes) is 6. The van der Waals surface area contributed by atoms with Gasteiger partial charge >= 0.3 is 49.9 Å². The van der Waals surface area contributed by atoms with Gasteiger partial charge in [0, 0.05) is 74.3 Å². The molecule has 0 atom stereocenters. The maximum absolute atomic E-state index is 13.7. The van der Waals surface area contributed by atoms with Gasteiger partial charge in [0.05, 0.1) is 61.6 Å². The minimum absolute atomic E-state index is 0.0470. The number of cyclic esters (lactones) is 2. The number of carbonyl (C=O) groups excluding carboxylic acids is 8. The molecule has 2 aliphatic heterocycles. The number of halogens is 1. The SMILES string of the molecule is CCCCCOc1ccc(-c2cc(-c3ccc(C(=O)OC(=O)C(C)(C)C)cc3)no2)cc1.CCCCCOc1ccc(-c2cc(-c3ccc(C(=O)OC(=O)OCC(C)C)cc3)no2)cc1.CCCCCOc1ccc(-c2cc(-c3ccc(C(=O)OP(=O)(N4CCOC4=O)N4CCOC4=O)cc3)no2)cc1.Cc1ccc(-c2cc(-c3ccc(C(=O)Cl)cc3)no2)cc1. The number of benzene rings is 8. The van der Waals surface area contributed by atoms with Gasteiger partial charge < -0.3 is 60.5 Å². The monoisotopic (exact) mass is 1750 g/mol. The summed E-state index contributed by atoms with van der Waals surface area (Å²) in [6.07, 6.45) is 7.14. The van der Waals surface area contributed by atoms with Crippen molar-refractivity contribution in [3.05, 3.63) is 246 Å². The molecule has 2 amide bonds. The van der Waals surface area contributed by atoms with Crippen molar-refractivity contribution in [2.75, 3.05) is 52.7 Å². The highest BCUT2D eigenvalue weighted by Gasteiger charge is 2.52. The molecule has 4 aromatic heterocycles. The number of amides is 2. The Balaban J connectivity index is 0.000000166. The van der Waals surface area contributed by atoms with Gasteiger partial charge in [-0.1, -0.05) is 172 Å². The Kier molecular flexibility index (Phi) is 33.3. The quantitative estimate of drug-likeness (QED) is 0.00943. The minimum atomic E-state index is -4.43. The number of ether oxygens (including phenoxy) is 8. The average molecular weight is 1750 g/mol. The first-order chi connectivity index (χ1) is 60.7. The predicted octanol–water partition coefficient (Wildman–Crippen LogP) is 23.3. The molecule has 2 fully saturated rings. The second-order valence-electron chi connectivity index (χ2n) is 30.6. The van der Waals surface area contributed by atoms with Crippen molar-refractivity contribution in [1.82, 2.24) is 30.0 Å². The number of esters is 3. The maximum Gasteiger partial charge on any atom is 0.516 e. The van der Waals surface area contributed by atoms with Crippen molar-refractivity contribution in [2.24, 2.45) is 11.3 Å². The Morgan fingerprint density at radius 2 is 0.722 bits per heavy atom. The molecule has 2 saturated heterocycles. The van der Waals surface area contributed by atoms with Gasteiger partial charge in [-0.05, 0) is 186 Å². The highest BCUT2D eigenvalue weighted by atomic mass is 35.5. The fraction of sp³-hybridized carbons (Fsp3) is 0.292. The van der Waals surface area contributed by atoms with Crippen molar-refractivity contribution in [2.45, 2.75) is 120 Å². The molecule has 0 radical (unpaired) electrons. The van der Waals surface area contributed by atoms with Crippen LogP contribution >= 0.6 is 19.3 Å². The lowest BCUT2D eigenvalue weighted by Crippen LogP contribution is -2.35. The molecule has 2 aliphatic rings. The Hall–Kier alpha value is -13.7. The van der Waals surface area contributed by atoms with Gasteiger partial charge in [-0.15, -0.1) is 0 Å². The van der Waals surface area contributed by atoms with Crippen LogP contribution in [0.4, 0.5) is 14.4 Å². The molecule has 0 N–H and O–H groups in total. The standard InChI is InChI=1S/C27H28N3O9P.C26H29NO6.C26H29NO5.C17H12ClNO2/c1-2-3-4-15-35-22-11-9-20(10-12-22)24-18-23(28-38-24)19-5-7-21(8-6-19)25(31)39-40(34,29-13-16-36-26(29)32)30-14-17-37-27(30)33;1-4-5-6-15-30-22-13-11-20(12-14-22)24-16-23(27-33-24)19-7-9-21(10-8-19)25(28)32-26(29)31-17-18(2)3;1-5-6-7-16-30-21-14-12-19(13-15-21)23-17-22(27-32-23)18-8-10-20(11-9-18)24(28)31-25(29)26(2,3)4;1-11-2-4-13(5-3-11)16-10-15(19-21-16)12-6-8-14(9-7-12)17(18)20/h5-12,18H,2-4,13-17H2,1H3;7-14,16,18H,4-6,15,17H2,1-3H3;8-15,17H,5-7,16H2,1-4H3;2-10H,1H3. The predicted molar refractivity (Wildman–Crippen MR) is 470 cm³/mol. The topological polar surface area (TPSA) is 347 Å². The van der Waals surface area contributed by atoms with E-state index in [1.54, 1.807) is 112 Å². The number of carbonyl (C=O) groups is 8. The number of aryl methyl sites for hydroxylation is 1. The lowest BCUT2D eigenvalue weighted by molar-refractivity contribution is -0.146. The maximum atomic E-state index is 13.7. The first-order valence-corrected chi connectivity index (χ1v) is 43.3. The highest BCUT2D eigenvalue weighted by Crippen LogP contribution is 2.57. The molecule has 126 heavy (non-hydrogen) atoms. The molecule has 0 aliphatic carbocycles. The van der Waals surface area contributed by atoms with Crippen molar-refractivity contribution < 1.29 is 103 Å². The molecule has 0 spiro atoms. The van der Waals surface area contributed by atoms with Gasteiger partial charge in [0.25, 0.3) is 5.24 Å². The first kappa shape index (κ1) is 93.0. The lowest BCUT2D eigenvalue weighted by atomic mass is 9.97. The molecule has 0 bridgehead atoms. The second kappa shape index (κ2) is 45.1. The first-order valence-electron chi connectivity index (χ1n) is 41.4. The van der Waals surface area contributed by atoms with Gasteiger partial charge in [-0.2, -0.15) is 0 Å². The Morgan fingerprint density at radius 3 is 1.02 bits per heavy atom. The molecular weight excluding hydrogens is 1660 g/mol. The van der Waals surface area contributed by atoms with Crippen molar-refractivity contribution in [3.63, 3.8) is 0 Å². The molecule has 30 heteroatoms. The zero-order valence-corrected chi connectivity index (χ0v) is 73.0. The van der Waals surface area contributed by atoms with E-state index >= 15 is 0 Å². The third-order valence-electron chi connectivity index (χ3n) is 19.3. The molecule has 0 saturated carbocycles. The molecular formula is C96H98ClN6O22P. The third-order valence-corrected chi connectivity index (χ3v) is 21.9. The van der Waals surface area contributed by atoms with E-state index in [1.165, 1.54) is 24.1 Å². The van der Waals surface area contributed by atoms with Crippen LogP contribution in [0.5, 0.6) is 17.2 Å². The summed E-state index contributed by atoms with van der Waals surface area (Å²) in [5.74, 6) is 2.14. The van der Waals surface area contributed by atoms with Crippen LogP contribution in [0, 0.1) is 18.3 Å². The van der Waals surface area contributed by atoms with Crippen LogP contribution in [0.1, 0.15) is 160 Å². The van der Waals surface area contributed by atoms with Crippen LogP contribution in [0.15, 0.2) is 236 Å². The number of rotatable bonds is 32. The van der Waals surface area contributed by atoms with Crippen LogP contribution in [0.3, 0.4) is 0 Å². The Labute approximate surface area is 734 Å². The van der Waals surface area contributed by atoms with Gasteiger partial charge in [0.1, 0.15) is 53.2 Å². The van der Waals surface area contributed by atoms with Crippen LogP contribution < -0.4 is 14.2 Å². The summed E-state index contributed by atoms with van der Waals surface area (Å²) in [6, 6.07) is 64.7. The van der Waals surface area contributed by atoms with Crippen molar-refractivity contribution in [1.29, 1.82) is 0 Å². The fourth-order valence-electron chi connectivity index (χ4n) is 12.1. The zero-order chi connectivity index (χ0) is 89.7. The normalized spacial score (nSPS) is 12.3. The fourth-order valence-corrected chi connectivity index (χ4v) is 14.2. The highest BCUT2D eigenvalue weighted by molar-refractivity contribution is 7.56. The van der Waals surface area contributed by atoms with Crippen LogP contribution in [0.25, 0.3) is 90.3 Å². The van der Waals surface area contributed by atoms with Gasteiger partial charge in [-0.3, -0.25) is 9.59 Å². The number of aromatic nitrogens is 4. The summed E-state index contributed by atoms with van der Waals surface area (Å²) < 4.78 is 83.8. The van der Waals surface area contributed by atoms with Crippen molar-refractivity contribution in [3.8, 4) is 108 Å². The third kappa shape index (κ3) is 26.2.